The van der Waals surface area contributed by atoms with Crippen LogP contribution in [0.5, 0.6) is 0 Å². The zero-order chi connectivity index (χ0) is 25.1. The van der Waals surface area contributed by atoms with Gasteiger partial charge in [0.15, 0.2) is 0 Å². The Labute approximate surface area is 211 Å². The molecule has 3 unspecified atom stereocenters. The molecular weight excluding hydrogens is 457 g/mol. The van der Waals surface area contributed by atoms with Gasteiger partial charge in [-0.3, -0.25) is 0 Å². The molecule has 7 heteroatoms. The van der Waals surface area contributed by atoms with E-state index in [1.54, 1.807) is 6.33 Å². The first-order chi connectivity index (χ1) is 17.1. The Kier molecular flexibility index (Phi) is 4.73. The number of nitrogens with zero attached hydrogens (tertiary/aromatic N) is 3. The quantitative estimate of drug-likeness (QED) is 0.661. The summed E-state index contributed by atoms with van der Waals surface area (Å²) in [6, 6.07) is 6.15. The summed E-state index contributed by atoms with van der Waals surface area (Å²) in [6.45, 7) is 2.30. The number of ether oxygens (including phenoxy) is 1. The highest BCUT2D eigenvalue weighted by atomic mass is 19.1. The van der Waals surface area contributed by atoms with Crippen LogP contribution < -0.4 is 0 Å². The van der Waals surface area contributed by atoms with Gasteiger partial charge in [0, 0.05) is 29.5 Å². The summed E-state index contributed by atoms with van der Waals surface area (Å²) in [5.74, 6) is -0.327. The second kappa shape index (κ2) is 7.34. The molecule has 3 aliphatic carbocycles. The monoisotopic (exact) mass is 493 g/mol. The van der Waals surface area contributed by atoms with Crippen LogP contribution in [0, 0.1) is 17.3 Å². The Morgan fingerprint density at radius 1 is 1.08 bits per heavy atom. The predicted octanol–water partition coefficient (Wildman–Crippen LogP) is 3.91. The molecule has 0 amide bonds. The van der Waals surface area contributed by atoms with E-state index >= 15 is 4.39 Å². The Hall–Kier alpha value is -1.93. The number of fused-ring (bicyclic) bond motifs is 2. The molecule has 0 radical (unpaired) electrons. The van der Waals surface area contributed by atoms with Crippen LogP contribution in [0.2, 0.25) is 0 Å². The average molecular weight is 494 g/mol. The maximum Gasteiger partial charge on any atom is 0.140 e. The Morgan fingerprint density at radius 2 is 1.92 bits per heavy atom. The summed E-state index contributed by atoms with van der Waals surface area (Å²) in [7, 11) is 3.87. The number of allylic oxidation sites excluding steroid dienone is 2. The molecule has 2 saturated carbocycles. The molecule has 9 atom stereocenters. The lowest BCUT2D eigenvalue weighted by molar-refractivity contribution is -0.314. The minimum Gasteiger partial charge on any atom is -0.390 e. The van der Waals surface area contributed by atoms with Crippen molar-refractivity contribution in [3.63, 3.8) is 0 Å². The molecule has 2 N–H and O–H groups in total. The van der Waals surface area contributed by atoms with E-state index in [4.69, 9.17) is 4.74 Å². The van der Waals surface area contributed by atoms with Crippen molar-refractivity contribution in [1.82, 2.24) is 14.9 Å². The minimum absolute atomic E-state index is 0.0450. The van der Waals surface area contributed by atoms with Crippen LogP contribution in [0.3, 0.4) is 0 Å². The summed E-state index contributed by atoms with van der Waals surface area (Å²) in [6.07, 6.45) is 8.17. The zero-order valence-corrected chi connectivity index (χ0v) is 21.3. The SMILES string of the molecule is CN(C)[C@H]1C[C@@]23CC[C@]4(O2)C2CC=C(c5ccc6ncncc6c5)[C@@]2(C)CCC4(F)CC3[C@@H](O)[C@@H]1O. The minimum atomic E-state index is -1.49. The van der Waals surface area contributed by atoms with Crippen LogP contribution >= 0.6 is 0 Å². The van der Waals surface area contributed by atoms with Gasteiger partial charge in [0.1, 0.15) is 17.6 Å². The van der Waals surface area contributed by atoms with Crippen LogP contribution in [-0.2, 0) is 4.74 Å². The molecule has 2 spiro atoms. The number of alkyl halides is 1. The third kappa shape index (κ3) is 2.75. The number of aliphatic hydroxyl groups is 2. The van der Waals surface area contributed by atoms with Crippen LogP contribution in [0.15, 0.2) is 36.8 Å². The summed E-state index contributed by atoms with van der Waals surface area (Å²) in [5, 5.41) is 23.1. The van der Waals surface area contributed by atoms with Crippen LogP contribution in [-0.4, -0.2) is 74.3 Å². The van der Waals surface area contributed by atoms with E-state index in [0.717, 1.165) is 35.7 Å². The molecule has 2 saturated heterocycles. The highest BCUT2D eigenvalue weighted by Gasteiger charge is 2.77. The lowest BCUT2D eigenvalue weighted by atomic mass is 9.51. The first kappa shape index (κ1) is 23.2. The maximum atomic E-state index is 17.2. The number of aromatic nitrogens is 2. The number of hydrogen-bond donors (Lipinski definition) is 2. The molecule has 4 fully saturated rings. The number of rotatable bonds is 2. The van der Waals surface area contributed by atoms with E-state index in [1.165, 1.54) is 5.57 Å². The van der Waals surface area contributed by atoms with Crippen LogP contribution in [0.4, 0.5) is 4.39 Å². The molecule has 1 aromatic carbocycles. The van der Waals surface area contributed by atoms with Gasteiger partial charge >= 0.3 is 0 Å². The molecule has 192 valence electrons. The fraction of sp³-hybridized carbons (Fsp3) is 0.655. The van der Waals surface area contributed by atoms with Gasteiger partial charge in [-0.05, 0) is 87.7 Å². The van der Waals surface area contributed by atoms with Crippen molar-refractivity contribution in [2.24, 2.45) is 17.3 Å². The Bertz CT molecular complexity index is 1270. The van der Waals surface area contributed by atoms with Crippen LogP contribution in [0.1, 0.15) is 57.4 Å². The third-order valence-electron chi connectivity index (χ3n) is 11.0. The van der Waals surface area contributed by atoms with Gasteiger partial charge in [0.25, 0.3) is 0 Å². The second-order valence-electron chi connectivity index (χ2n) is 12.7. The fourth-order valence-electron chi connectivity index (χ4n) is 9.16. The van der Waals surface area contributed by atoms with E-state index < -0.39 is 29.1 Å². The highest BCUT2D eigenvalue weighted by molar-refractivity contribution is 5.84. The van der Waals surface area contributed by atoms with E-state index in [1.807, 2.05) is 31.3 Å². The summed E-state index contributed by atoms with van der Waals surface area (Å²) >= 11 is 0. The van der Waals surface area contributed by atoms with Crippen molar-refractivity contribution in [2.75, 3.05) is 14.1 Å². The van der Waals surface area contributed by atoms with Gasteiger partial charge in [-0.2, -0.15) is 0 Å². The van der Waals surface area contributed by atoms with Crippen molar-refractivity contribution < 1.29 is 19.3 Å². The zero-order valence-electron chi connectivity index (χ0n) is 21.3. The summed E-state index contributed by atoms with van der Waals surface area (Å²) in [5.41, 5.74) is 0.255. The van der Waals surface area contributed by atoms with Gasteiger partial charge < -0.3 is 19.8 Å². The standard InChI is InChI=1S/C29H36FN3O3/c1-26-8-10-28(30)13-20-24(34)25(35)22(33(2)3)14-27(20)9-11-29(28,36-27)23(26)7-5-19(26)17-4-6-21-18(12-17)15-31-16-32-21/h4-6,12,15-16,20,22-25,34-35H,7-11,13-14H2,1-3H3/t20?,22-,23?,24+,25+,26+,27+,28?,29-/m0/s1. The molecule has 6 nitrogen and oxygen atoms in total. The van der Waals surface area contributed by atoms with Crippen molar-refractivity contribution in [2.45, 2.75) is 87.0 Å². The van der Waals surface area contributed by atoms with Gasteiger partial charge in [-0.15, -0.1) is 0 Å². The number of hydrogen-bond acceptors (Lipinski definition) is 6. The molecule has 2 aromatic rings. The molecule has 3 heterocycles. The number of aliphatic hydroxyl groups excluding tert-OH is 2. The molecule has 5 aliphatic rings. The lowest BCUT2D eigenvalue weighted by Gasteiger charge is -2.64. The highest BCUT2D eigenvalue weighted by Crippen LogP contribution is 2.72. The predicted molar refractivity (Wildman–Crippen MR) is 135 cm³/mol. The normalized spacial score (nSPS) is 47.4. The van der Waals surface area contributed by atoms with E-state index in [9.17, 15) is 10.2 Å². The van der Waals surface area contributed by atoms with Crippen molar-refractivity contribution in [3.8, 4) is 0 Å². The molecule has 1 aromatic heterocycles. The molecule has 7 rings (SSSR count). The smallest absolute Gasteiger partial charge is 0.140 e. The molecule has 2 bridgehead atoms. The molecule has 2 aliphatic heterocycles. The van der Waals surface area contributed by atoms with Crippen molar-refractivity contribution in [3.05, 3.63) is 42.4 Å². The Balaban J connectivity index is 1.27. The van der Waals surface area contributed by atoms with Gasteiger partial charge in [0.2, 0.25) is 0 Å². The van der Waals surface area contributed by atoms with E-state index in [0.29, 0.717) is 19.3 Å². The van der Waals surface area contributed by atoms with E-state index in [-0.39, 0.29) is 29.7 Å². The summed E-state index contributed by atoms with van der Waals surface area (Å²) in [4.78, 5) is 10.5. The number of benzene rings is 1. The summed E-state index contributed by atoms with van der Waals surface area (Å²) < 4.78 is 24.3. The van der Waals surface area contributed by atoms with Gasteiger partial charge in [-0.1, -0.05) is 19.1 Å². The number of halogens is 1. The molecular formula is C29H36FN3O3. The average Bonchev–Trinajstić information content (AvgIpc) is 3.39. The third-order valence-corrected chi connectivity index (χ3v) is 11.0. The lowest BCUT2D eigenvalue weighted by Crippen LogP contribution is -2.72. The second-order valence-corrected chi connectivity index (χ2v) is 12.7. The van der Waals surface area contributed by atoms with Crippen LogP contribution in [0.25, 0.3) is 16.5 Å². The number of likely N-dealkylation sites (N-methyl/N-ethyl adjacent to an activating group) is 1. The maximum absolute atomic E-state index is 17.2. The first-order valence-corrected chi connectivity index (χ1v) is 13.5. The fourth-order valence-corrected chi connectivity index (χ4v) is 9.16. The van der Waals surface area contributed by atoms with Gasteiger partial charge in [0.05, 0.1) is 23.3 Å². The van der Waals surface area contributed by atoms with Crippen molar-refractivity contribution >= 4 is 16.5 Å². The van der Waals surface area contributed by atoms with Gasteiger partial charge in [-0.25, -0.2) is 14.4 Å². The van der Waals surface area contributed by atoms with E-state index in [2.05, 4.69) is 35.1 Å². The first-order valence-electron chi connectivity index (χ1n) is 13.5. The topological polar surface area (TPSA) is 78.7 Å². The molecule has 36 heavy (non-hydrogen) atoms. The van der Waals surface area contributed by atoms with Crippen molar-refractivity contribution in [1.29, 1.82) is 0 Å². The largest absolute Gasteiger partial charge is 0.390 e. The Morgan fingerprint density at radius 3 is 2.72 bits per heavy atom.